The van der Waals surface area contributed by atoms with Gasteiger partial charge in [0.2, 0.25) is 11.8 Å². The molecule has 1 aromatic rings. The fourth-order valence-electron chi connectivity index (χ4n) is 3.78. The first-order valence-electron chi connectivity index (χ1n) is 9.01. The van der Waals surface area contributed by atoms with Gasteiger partial charge in [0.15, 0.2) is 0 Å². The number of fused-ring (bicyclic) bond motifs is 1. The van der Waals surface area contributed by atoms with E-state index in [1.807, 2.05) is 17.0 Å². The quantitative estimate of drug-likeness (QED) is 0.898. The van der Waals surface area contributed by atoms with Gasteiger partial charge >= 0.3 is 0 Å². The maximum Gasteiger partial charge on any atom is 0.227 e. The Hall–Kier alpha value is -1.88. The van der Waals surface area contributed by atoms with Crippen molar-refractivity contribution in [2.24, 2.45) is 0 Å². The van der Waals surface area contributed by atoms with Crippen molar-refractivity contribution >= 4 is 17.5 Å². The Bertz CT molecular complexity index is 594. The van der Waals surface area contributed by atoms with Gasteiger partial charge in [-0.1, -0.05) is 18.2 Å². The second kappa shape index (κ2) is 7.79. The lowest BCUT2D eigenvalue weighted by Crippen LogP contribution is -2.45. The number of amides is 2. The van der Waals surface area contributed by atoms with Gasteiger partial charge in [0, 0.05) is 44.7 Å². The summed E-state index contributed by atoms with van der Waals surface area (Å²) in [6.07, 6.45) is 4.52. The molecule has 3 rings (SSSR count). The van der Waals surface area contributed by atoms with Crippen LogP contribution in [0.15, 0.2) is 24.3 Å². The van der Waals surface area contributed by atoms with Gasteiger partial charge in [-0.15, -0.1) is 0 Å². The van der Waals surface area contributed by atoms with Crippen LogP contribution in [0, 0.1) is 0 Å². The van der Waals surface area contributed by atoms with Gasteiger partial charge in [-0.25, -0.2) is 0 Å². The van der Waals surface area contributed by atoms with Crippen LogP contribution >= 0.6 is 0 Å². The van der Waals surface area contributed by atoms with Gasteiger partial charge in [0.25, 0.3) is 0 Å². The van der Waals surface area contributed by atoms with Gasteiger partial charge in [0.05, 0.1) is 0 Å². The molecule has 0 bridgehead atoms. The van der Waals surface area contributed by atoms with E-state index in [-0.39, 0.29) is 11.8 Å². The SMILES string of the molecule is CC(=O)NC1CCN(CCCN2C(=O)CCc3ccccc32)CC1. The number of anilines is 1. The lowest BCUT2D eigenvalue weighted by Gasteiger charge is -2.33. The molecule has 2 amide bonds. The summed E-state index contributed by atoms with van der Waals surface area (Å²) in [7, 11) is 0. The van der Waals surface area contributed by atoms with Crippen LogP contribution < -0.4 is 10.2 Å². The minimum absolute atomic E-state index is 0.0655. The Morgan fingerprint density at radius 3 is 2.67 bits per heavy atom. The lowest BCUT2D eigenvalue weighted by molar-refractivity contribution is -0.120. The molecule has 0 aliphatic carbocycles. The molecule has 0 radical (unpaired) electrons. The molecule has 130 valence electrons. The molecule has 0 saturated carbocycles. The molecule has 24 heavy (non-hydrogen) atoms. The summed E-state index contributed by atoms with van der Waals surface area (Å²) in [5, 5.41) is 3.01. The fraction of sp³-hybridized carbons (Fsp3) is 0.579. The summed E-state index contributed by atoms with van der Waals surface area (Å²) >= 11 is 0. The highest BCUT2D eigenvalue weighted by Crippen LogP contribution is 2.27. The highest BCUT2D eigenvalue weighted by atomic mass is 16.2. The number of carbonyl (C=O) groups excluding carboxylic acids is 2. The number of hydrogen-bond acceptors (Lipinski definition) is 3. The largest absolute Gasteiger partial charge is 0.354 e. The summed E-state index contributed by atoms with van der Waals surface area (Å²) in [4.78, 5) is 27.8. The monoisotopic (exact) mass is 329 g/mol. The molecule has 1 saturated heterocycles. The zero-order valence-corrected chi connectivity index (χ0v) is 14.5. The molecule has 1 aromatic carbocycles. The Morgan fingerprint density at radius 1 is 1.17 bits per heavy atom. The summed E-state index contributed by atoms with van der Waals surface area (Å²) in [6, 6.07) is 8.57. The Kier molecular flexibility index (Phi) is 5.51. The first-order chi connectivity index (χ1) is 11.6. The first-order valence-corrected chi connectivity index (χ1v) is 9.01. The van der Waals surface area contributed by atoms with E-state index in [0.717, 1.165) is 57.5 Å². The van der Waals surface area contributed by atoms with E-state index < -0.39 is 0 Å². The van der Waals surface area contributed by atoms with Gasteiger partial charge in [-0.2, -0.15) is 0 Å². The molecular formula is C19H27N3O2. The molecular weight excluding hydrogens is 302 g/mol. The molecule has 2 aliphatic heterocycles. The zero-order chi connectivity index (χ0) is 16.9. The number of carbonyl (C=O) groups is 2. The van der Waals surface area contributed by atoms with Crippen LogP contribution in [0.4, 0.5) is 5.69 Å². The average Bonchev–Trinajstić information content (AvgIpc) is 2.58. The van der Waals surface area contributed by atoms with Crippen molar-refractivity contribution < 1.29 is 9.59 Å². The van der Waals surface area contributed by atoms with E-state index in [2.05, 4.69) is 22.3 Å². The van der Waals surface area contributed by atoms with Crippen molar-refractivity contribution in [3.05, 3.63) is 29.8 Å². The highest BCUT2D eigenvalue weighted by molar-refractivity contribution is 5.96. The number of aryl methyl sites for hydroxylation is 1. The van der Waals surface area contributed by atoms with E-state index >= 15 is 0 Å². The van der Waals surface area contributed by atoms with Crippen molar-refractivity contribution in [3.63, 3.8) is 0 Å². The minimum atomic E-state index is 0.0655. The highest BCUT2D eigenvalue weighted by Gasteiger charge is 2.24. The van der Waals surface area contributed by atoms with Gasteiger partial charge in [0.1, 0.15) is 0 Å². The van der Waals surface area contributed by atoms with Gasteiger partial charge in [-0.3, -0.25) is 9.59 Å². The molecule has 0 unspecified atom stereocenters. The van der Waals surface area contributed by atoms with Crippen molar-refractivity contribution in [2.75, 3.05) is 31.1 Å². The van der Waals surface area contributed by atoms with E-state index in [4.69, 9.17) is 0 Å². The molecule has 2 aliphatic rings. The number of benzene rings is 1. The second-order valence-electron chi connectivity index (χ2n) is 6.84. The second-order valence-corrected chi connectivity index (χ2v) is 6.84. The number of rotatable bonds is 5. The number of nitrogens with zero attached hydrogens (tertiary/aromatic N) is 2. The molecule has 1 fully saturated rings. The molecule has 0 atom stereocenters. The molecule has 2 heterocycles. The van der Waals surface area contributed by atoms with E-state index in [0.29, 0.717) is 12.5 Å². The van der Waals surface area contributed by atoms with Crippen LogP contribution in [0.25, 0.3) is 0 Å². The first kappa shape index (κ1) is 17.0. The molecule has 5 nitrogen and oxygen atoms in total. The Balaban J connectivity index is 1.46. The summed E-state index contributed by atoms with van der Waals surface area (Å²) in [5.41, 5.74) is 2.38. The van der Waals surface area contributed by atoms with Crippen LogP contribution in [0.3, 0.4) is 0 Å². The summed E-state index contributed by atoms with van der Waals surface area (Å²) in [5.74, 6) is 0.314. The summed E-state index contributed by atoms with van der Waals surface area (Å²) in [6.45, 7) is 5.44. The van der Waals surface area contributed by atoms with Gasteiger partial charge < -0.3 is 15.1 Å². The van der Waals surface area contributed by atoms with E-state index in [1.165, 1.54) is 5.56 Å². The van der Waals surface area contributed by atoms with E-state index in [9.17, 15) is 9.59 Å². The number of nitrogens with one attached hydrogen (secondary N) is 1. The number of likely N-dealkylation sites (tertiary alicyclic amines) is 1. The van der Waals surface area contributed by atoms with E-state index in [1.54, 1.807) is 6.92 Å². The van der Waals surface area contributed by atoms with Crippen molar-refractivity contribution in [3.8, 4) is 0 Å². The topological polar surface area (TPSA) is 52.7 Å². The molecule has 0 spiro atoms. The fourth-order valence-corrected chi connectivity index (χ4v) is 3.78. The molecule has 5 heteroatoms. The number of hydrogen-bond donors (Lipinski definition) is 1. The van der Waals surface area contributed by atoms with Crippen molar-refractivity contribution in [1.29, 1.82) is 0 Å². The third kappa shape index (κ3) is 4.15. The Labute approximate surface area is 144 Å². The number of para-hydroxylation sites is 1. The minimum Gasteiger partial charge on any atom is -0.354 e. The van der Waals surface area contributed by atoms with Crippen LogP contribution in [0.2, 0.25) is 0 Å². The predicted octanol–water partition coefficient (Wildman–Crippen LogP) is 1.96. The predicted molar refractivity (Wildman–Crippen MR) is 95.0 cm³/mol. The van der Waals surface area contributed by atoms with Gasteiger partial charge in [-0.05, 0) is 43.9 Å². The smallest absolute Gasteiger partial charge is 0.227 e. The third-order valence-corrected chi connectivity index (χ3v) is 5.04. The van der Waals surface area contributed by atoms with Crippen LogP contribution in [0.1, 0.15) is 38.2 Å². The van der Waals surface area contributed by atoms with Crippen molar-refractivity contribution in [2.45, 2.75) is 45.1 Å². The molecule has 1 N–H and O–H groups in total. The maximum absolute atomic E-state index is 12.3. The number of piperidine rings is 1. The molecule has 0 aromatic heterocycles. The summed E-state index contributed by atoms with van der Waals surface area (Å²) < 4.78 is 0. The van der Waals surface area contributed by atoms with Crippen LogP contribution in [-0.2, 0) is 16.0 Å². The maximum atomic E-state index is 12.3. The zero-order valence-electron chi connectivity index (χ0n) is 14.5. The van der Waals surface area contributed by atoms with Crippen molar-refractivity contribution in [1.82, 2.24) is 10.2 Å². The average molecular weight is 329 g/mol. The standard InChI is InChI=1S/C19H27N3O2/c1-15(23)20-17-9-13-21(14-10-17)11-4-12-22-18-6-3-2-5-16(18)7-8-19(22)24/h2-3,5-6,17H,4,7-14H2,1H3,(H,20,23). The van der Waals surface area contributed by atoms with Crippen LogP contribution in [0.5, 0.6) is 0 Å². The normalized spacial score (nSPS) is 19.2. The Morgan fingerprint density at radius 2 is 1.92 bits per heavy atom. The van der Waals surface area contributed by atoms with Crippen LogP contribution in [-0.4, -0.2) is 48.9 Å². The lowest BCUT2D eigenvalue weighted by atomic mass is 10.0. The third-order valence-electron chi connectivity index (χ3n) is 5.04.